The monoisotopic (exact) mass is 1180 g/mol. The third-order valence-corrected chi connectivity index (χ3v) is 16.5. The smallest absolute Gasteiger partial charge is 0.407 e. The van der Waals surface area contributed by atoms with Crippen LogP contribution in [-0.4, -0.2) is 108 Å². The standard InChI is InChI=1S/C55H54ClF5N10O8S2/c1-53(2,3)79-51(75)64-21-10-20-55(34-11-6-5-7-12-34)71(67-49(80-55)41-28-35(57)15-16-43(41)59)52(76)68(4)24-23-65-81(77,78)39-27-36(58)26-38(29-39)69(50(74)44-17-18-46(72)70(44)45-25-33(32-62)19-22-63-45)47(40-13-8-9-14-42(40)56)48(73)66-37-30-54(60,61)31-37/h5-9,11-16,19,22,25-29,37,44,47,65H,10,17-18,20-21,23-24,30-31H2,1-4H3,(H,64,75)(H,66,73)/t44-,47-,55?/m0/s1. The molecule has 8 rings (SSSR count). The highest BCUT2D eigenvalue weighted by atomic mass is 35.5. The van der Waals surface area contributed by atoms with Crippen LogP contribution in [0.4, 0.5) is 43.0 Å². The highest BCUT2D eigenvalue weighted by molar-refractivity contribution is 8.15. The lowest BCUT2D eigenvalue weighted by Crippen LogP contribution is -2.56. The Labute approximate surface area is 472 Å². The lowest BCUT2D eigenvalue weighted by Gasteiger charge is -2.39. The van der Waals surface area contributed by atoms with Crippen molar-refractivity contribution in [3.05, 3.63) is 154 Å². The summed E-state index contributed by atoms with van der Waals surface area (Å²) in [5, 5.41) is 20.3. The minimum Gasteiger partial charge on any atom is -0.444 e. The number of hydrogen-bond donors (Lipinski definition) is 3. The van der Waals surface area contributed by atoms with E-state index in [-0.39, 0.29) is 64.8 Å². The number of hydrazone groups is 1. The van der Waals surface area contributed by atoms with E-state index >= 15 is 13.6 Å². The Bertz CT molecular complexity index is 3440. The number of pyridine rings is 1. The number of benzene rings is 4. The van der Waals surface area contributed by atoms with Crippen LogP contribution in [0.25, 0.3) is 0 Å². The number of aromatic nitrogens is 1. The van der Waals surface area contributed by atoms with Crippen molar-refractivity contribution in [3.63, 3.8) is 0 Å². The molecule has 2 aliphatic heterocycles. The summed E-state index contributed by atoms with van der Waals surface area (Å²) in [6.07, 6.45) is -1.10. The molecule has 0 bridgehead atoms. The summed E-state index contributed by atoms with van der Waals surface area (Å²) < 4.78 is 111. The van der Waals surface area contributed by atoms with Crippen LogP contribution in [0, 0.1) is 28.8 Å². The third kappa shape index (κ3) is 13.6. The predicted molar refractivity (Wildman–Crippen MR) is 291 cm³/mol. The van der Waals surface area contributed by atoms with E-state index in [0.29, 0.717) is 11.6 Å². The number of alkyl halides is 2. The van der Waals surface area contributed by atoms with Gasteiger partial charge in [-0.25, -0.2) is 49.7 Å². The molecule has 18 nitrogen and oxygen atoms in total. The first-order valence-corrected chi connectivity index (χ1v) is 28.0. The zero-order valence-electron chi connectivity index (χ0n) is 44.0. The highest BCUT2D eigenvalue weighted by Gasteiger charge is 2.51. The Morgan fingerprint density at radius 3 is 2.36 bits per heavy atom. The van der Waals surface area contributed by atoms with Crippen molar-refractivity contribution in [1.29, 1.82) is 5.26 Å². The lowest BCUT2D eigenvalue weighted by molar-refractivity contribution is -0.133. The Morgan fingerprint density at radius 2 is 1.67 bits per heavy atom. The molecular formula is C55H54ClF5N10O8S2. The van der Waals surface area contributed by atoms with Crippen LogP contribution < -0.4 is 25.2 Å². The largest absolute Gasteiger partial charge is 0.444 e. The second-order valence-corrected chi connectivity index (χ2v) is 23.7. The van der Waals surface area contributed by atoms with E-state index in [2.05, 4.69) is 25.4 Å². The summed E-state index contributed by atoms with van der Waals surface area (Å²) in [7, 11) is -3.51. The molecule has 4 aromatic carbocycles. The van der Waals surface area contributed by atoms with Gasteiger partial charge in [-0.2, -0.15) is 15.4 Å². The van der Waals surface area contributed by atoms with Crippen LogP contribution in [0.1, 0.15) is 87.6 Å². The van der Waals surface area contributed by atoms with E-state index in [4.69, 9.17) is 16.3 Å². The van der Waals surface area contributed by atoms with Crippen molar-refractivity contribution in [1.82, 2.24) is 30.2 Å². The number of hydrogen-bond acceptors (Lipinski definition) is 12. The fraction of sp³-hybridized carbons (Fsp3) is 0.345. The highest BCUT2D eigenvalue weighted by Crippen LogP contribution is 2.51. The number of ether oxygens (including phenoxy) is 1. The van der Waals surface area contributed by atoms with E-state index in [1.165, 1.54) is 49.6 Å². The summed E-state index contributed by atoms with van der Waals surface area (Å²) in [5.74, 6) is -8.80. The third-order valence-electron chi connectivity index (χ3n) is 13.2. The second kappa shape index (κ2) is 24.2. The Hall–Kier alpha value is -7.66. The van der Waals surface area contributed by atoms with Crippen molar-refractivity contribution < 1.29 is 59.1 Å². The number of likely N-dealkylation sites (N-methyl/N-ethyl adjacent to an activating group) is 1. The van der Waals surface area contributed by atoms with Crippen LogP contribution in [0.15, 0.2) is 119 Å². The molecule has 2 fully saturated rings. The Morgan fingerprint density at radius 1 is 0.951 bits per heavy atom. The average Bonchev–Trinajstić information content (AvgIpc) is 4.05. The quantitative estimate of drug-likeness (QED) is 0.0554. The average molecular weight is 1180 g/mol. The normalized spacial score (nSPS) is 18.3. The molecule has 26 heteroatoms. The van der Waals surface area contributed by atoms with Gasteiger partial charge in [-0.05, 0) is 100 Å². The topological polar surface area (TPSA) is 227 Å². The van der Waals surface area contributed by atoms with E-state index in [9.17, 15) is 46.0 Å². The first kappa shape index (κ1) is 59.5. The van der Waals surface area contributed by atoms with Gasteiger partial charge in [0.2, 0.25) is 21.8 Å². The fourth-order valence-corrected chi connectivity index (χ4v) is 12.2. The molecule has 6 amide bonds. The van der Waals surface area contributed by atoms with Crippen molar-refractivity contribution in [2.45, 2.75) is 98.7 Å². The van der Waals surface area contributed by atoms with Gasteiger partial charge >= 0.3 is 12.1 Å². The maximum atomic E-state index is 16.2. The summed E-state index contributed by atoms with van der Waals surface area (Å²) >= 11 is 7.66. The second-order valence-electron chi connectivity index (χ2n) is 20.3. The number of urea groups is 1. The minimum atomic E-state index is -4.84. The molecule has 81 heavy (non-hydrogen) atoms. The Balaban J connectivity index is 1.10. The summed E-state index contributed by atoms with van der Waals surface area (Å²) in [5.41, 5.74) is -1.08. The number of alkyl carbamates (subject to hydrolysis) is 1. The first-order valence-electron chi connectivity index (χ1n) is 25.3. The number of nitrogens with one attached hydrogen (secondary N) is 3. The molecule has 1 saturated heterocycles. The number of sulfonamides is 1. The first-order chi connectivity index (χ1) is 38.3. The van der Waals surface area contributed by atoms with Gasteiger partial charge in [0.15, 0.2) is 0 Å². The molecule has 0 radical (unpaired) electrons. The van der Waals surface area contributed by atoms with Crippen LogP contribution in [0.5, 0.6) is 0 Å². The van der Waals surface area contributed by atoms with Crippen LogP contribution in [0.3, 0.4) is 0 Å². The number of halogens is 6. The number of anilines is 2. The summed E-state index contributed by atoms with van der Waals surface area (Å²) in [6, 6.07) is 18.5. The van der Waals surface area contributed by atoms with Crippen molar-refractivity contribution in [2.75, 3.05) is 36.5 Å². The molecule has 5 aromatic rings. The van der Waals surface area contributed by atoms with E-state index in [1.807, 2.05) is 6.07 Å². The van der Waals surface area contributed by atoms with Crippen LogP contribution >= 0.6 is 23.4 Å². The number of rotatable bonds is 18. The number of carbonyl (C=O) groups excluding carboxylic acids is 5. The number of amides is 6. The zero-order valence-corrected chi connectivity index (χ0v) is 46.4. The summed E-state index contributed by atoms with van der Waals surface area (Å²) in [4.78, 5) is 75.6. The van der Waals surface area contributed by atoms with Crippen molar-refractivity contribution in [2.24, 2.45) is 5.10 Å². The molecular weight excluding hydrogens is 1120 g/mol. The van der Waals surface area contributed by atoms with E-state index < -0.39 is 128 Å². The maximum Gasteiger partial charge on any atom is 0.407 e. The predicted octanol–water partition coefficient (Wildman–Crippen LogP) is 9.11. The van der Waals surface area contributed by atoms with Crippen LogP contribution in [0.2, 0.25) is 5.02 Å². The van der Waals surface area contributed by atoms with Gasteiger partial charge in [0.1, 0.15) is 50.9 Å². The maximum absolute atomic E-state index is 16.2. The number of nitriles is 1. The molecule has 1 aliphatic carbocycles. The molecule has 1 saturated carbocycles. The van der Waals surface area contributed by atoms with Gasteiger partial charge in [0.05, 0.1) is 16.5 Å². The minimum absolute atomic E-state index is 0.0604. The molecule has 3 heterocycles. The molecule has 426 valence electrons. The number of carbonyl (C=O) groups is 5. The molecule has 3 aliphatic rings. The SMILES string of the molecule is CN(CCNS(=O)(=O)c1cc(F)cc(N(C(=O)[C@@H]2CCC(=O)N2c2cc(C#N)ccn2)[C@H](C(=O)NC2CC(F)(F)C2)c2ccccc2Cl)c1)C(=O)N1N=C(c2cc(F)ccc2F)SC1(CCCNC(=O)OC(C)(C)C)c1ccccc1. The van der Waals surface area contributed by atoms with Gasteiger partial charge in [-0.3, -0.25) is 24.2 Å². The van der Waals surface area contributed by atoms with Crippen LogP contribution in [-0.2, 0) is 34.0 Å². The molecule has 0 spiro atoms. The van der Waals surface area contributed by atoms with Gasteiger partial charge in [0.25, 0.3) is 11.8 Å². The molecule has 3 atom stereocenters. The van der Waals surface area contributed by atoms with Gasteiger partial charge in [0, 0.05) is 80.0 Å². The molecule has 1 unspecified atom stereocenters. The van der Waals surface area contributed by atoms with Gasteiger partial charge < -0.3 is 20.3 Å². The van der Waals surface area contributed by atoms with Crippen molar-refractivity contribution >= 4 is 79.8 Å². The Kier molecular flexibility index (Phi) is 17.8. The van der Waals surface area contributed by atoms with Crippen molar-refractivity contribution in [3.8, 4) is 6.07 Å². The zero-order chi connectivity index (χ0) is 58.6. The van der Waals surface area contributed by atoms with Gasteiger partial charge in [-0.1, -0.05) is 71.9 Å². The molecule has 3 N–H and O–H groups in total. The lowest BCUT2D eigenvalue weighted by atomic mass is 9.87. The number of nitrogens with zero attached hydrogens (tertiary/aromatic N) is 7. The molecule has 1 aromatic heterocycles. The number of thioether (sulfide) groups is 1. The van der Waals surface area contributed by atoms with E-state index in [0.717, 1.165) is 61.8 Å². The van der Waals surface area contributed by atoms with Gasteiger partial charge in [-0.15, -0.1) is 0 Å². The summed E-state index contributed by atoms with van der Waals surface area (Å²) in [6.45, 7) is 4.22. The van der Waals surface area contributed by atoms with E-state index in [1.54, 1.807) is 51.1 Å². The fourth-order valence-electron chi connectivity index (χ4n) is 9.43.